The summed E-state index contributed by atoms with van der Waals surface area (Å²) in [5.74, 6) is 2.31. The Bertz CT molecular complexity index is 263. The monoisotopic (exact) mass is 216 g/mol. The minimum absolute atomic E-state index is 0.202. The van der Waals surface area contributed by atoms with Crippen molar-refractivity contribution in [1.82, 2.24) is 0 Å². The molecule has 0 aromatic rings. The highest BCUT2D eigenvalue weighted by atomic mass is 31.2. The first-order chi connectivity index (χ1) is 6.56. The first-order valence-electron chi connectivity index (χ1n) is 5.03. The molecule has 0 aliphatic heterocycles. The molecule has 0 amide bonds. The molecule has 2 atom stereocenters. The van der Waals surface area contributed by atoms with Crippen LogP contribution in [0.3, 0.4) is 0 Å². The van der Waals surface area contributed by atoms with E-state index in [0.717, 1.165) is 32.1 Å². The normalized spacial score (nSPS) is 24.9. The Hall–Kier alpha value is -0.290. The predicted octanol–water partition coefficient (Wildman–Crippen LogP) is 2.54. The summed E-state index contributed by atoms with van der Waals surface area (Å²) in [5.41, 5.74) is -0.202. The van der Waals surface area contributed by atoms with Gasteiger partial charge in [-0.05, 0) is 19.8 Å². The first kappa shape index (κ1) is 11.8. The molecular formula is C10H17O3P. The first-order valence-corrected chi connectivity index (χ1v) is 6.68. The van der Waals surface area contributed by atoms with Gasteiger partial charge in [0, 0.05) is 0 Å². The Kier molecular flexibility index (Phi) is 4.19. The van der Waals surface area contributed by atoms with Crippen LogP contribution in [0.2, 0.25) is 0 Å². The Morgan fingerprint density at radius 1 is 1.50 bits per heavy atom. The average Bonchev–Trinajstić information content (AvgIpc) is 2.18. The molecule has 0 aromatic heterocycles. The maximum absolute atomic E-state index is 11.8. The van der Waals surface area contributed by atoms with Gasteiger partial charge in [-0.3, -0.25) is 9.09 Å². The van der Waals surface area contributed by atoms with E-state index in [2.05, 4.69) is 5.92 Å². The fraction of sp³-hybridized carbons (Fsp3) is 0.800. The van der Waals surface area contributed by atoms with E-state index in [9.17, 15) is 9.46 Å². The van der Waals surface area contributed by atoms with Gasteiger partial charge >= 0.3 is 7.60 Å². The molecule has 0 saturated heterocycles. The van der Waals surface area contributed by atoms with Gasteiger partial charge in [-0.15, -0.1) is 6.42 Å². The zero-order chi connectivity index (χ0) is 10.6. The lowest BCUT2D eigenvalue weighted by Gasteiger charge is -2.26. The van der Waals surface area contributed by atoms with Crippen molar-refractivity contribution in [2.24, 2.45) is 0 Å². The highest BCUT2D eigenvalue weighted by Gasteiger charge is 2.34. The molecule has 3 nitrogen and oxygen atoms in total. The van der Waals surface area contributed by atoms with Crippen LogP contribution in [-0.4, -0.2) is 16.7 Å². The number of terminal acetylenes is 1. The largest absolute Gasteiger partial charge is 0.332 e. The molecule has 0 spiro atoms. The number of hydrogen-bond acceptors (Lipinski definition) is 2. The van der Waals surface area contributed by atoms with Gasteiger partial charge in [0.2, 0.25) is 0 Å². The summed E-state index contributed by atoms with van der Waals surface area (Å²) >= 11 is 0. The van der Waals surface area contributed by atoms with Gasteiger partial charge in [0.05, 0.1) is 5.66 Å². The molecule has 0 heterocycles. The Morgan fingerprint density at radius 2 is 2.07 bits per heavy atom. The quantitative estimate of drug-likeness (QED) is 0.582. The van der Waals surface area contributed by atoms with Crippen molar-refractivity contribution in [2.45, 2.75) is 50.8 Å². The third-order valence-electron chi connectivity index (χ3n) is 2.58. The van der Waals surface area contributed by atoms with Crippen molar-refractivity contribution in [3.8, 4) is 12.3 Å². The molecule has 80 valence electrons. The SMILES string of the molecule is C#CC(C)OP(=O)(O)C1CCCCC1. The molecule has 1 rings (SSSR count). The van der Waals surface area contributed by atoms with Gasteiger partial charge in [-0.1, -0.05) is 25.2 Å². The van der Waals surface area contributed by atoms with Crippen molar-refractivity contribution in [1.29, 1.82) is 0 Å². The third kappa shape index (κ3) is 3.13. The number of hydrogen-bond donors (Lipinski definition) is 1. The molecule has 2 unspecified atom stereocenters. The number of rotatable bonds is 3. The van der Waals surface area contributed by atoms with Crippen LogP contribution in [0.1, 0.15) is 39.0 Å². The summed E-state index contributed by atoms with van der Waals surface area (Å²) in [6.45, 7) is 1.62. The van der Waals surface area contributed by atoms with E-state index in [-0.39, 0.29) is 5.66 Å². The van der Waals surface area contributed by atoms with Crippen LogP contribution in [0, 0.1) is 12.3 Å². The lowest BCUT2D eigenvalue weighted by atomic mass is 10.0. The molecule has 1 fully saturated rings. The van der Waals surface area contributed by atoms with Crippen LogP contribution < -0.4 is 0 Å². The maximum atomic E-state index is 11.8. The van der Waals surface area contributed by atoms with Crippen LogP contribution in [0.5, 0.6) is 0 Å². The summed E-state index contributed by atoms with van der Waals surface area (Å²) < 4.78 is 16.8. The van der Waals surface area contributed by atoms with Crippen LogP contribution in [0.4, 0.5) is 0 Å². The molecule has 1 aliphatic carbocycles. The lowest BCUT2D eigenvalue weighted by molar-refractivity contribution is 0.218. The van der Waals surface area contributed by atoms with Gasteiger partial charge in [0.1, 0.15) is 6.10 Å². The fourth-order valence-corrected chi connectivity index (χ4v) is 3.45. The molecule has 14 heavy (non-hydrogen) atoms. The topological polar surface area (TPSA) is 46.5 Å². The zero-order valence-electron chi connectivity index (χ0n) is 8.48. The Morgan fingerprint density at radius 3 is 2.57 bits per heavy atom. The molecule has 1 N–H and O–H groups in total. The summed E-state index contributed by atoms with van der Waals surface area (Å²) in [7, 11) is -3.48. The molecule has 1 aliphatic rings. The summed E-state index contributed by atoms with van der Waals surface area (Å²) in [6.07, 6.45) is 9.28. The minimum Gasteiger partial charge on any atom is -0.324 e. The van der Waals surface area contributed by atoms with Gasteiger partial charge in [-0.2, -0.15) is 0 Å². The fourth-order valence-electron chi connectivity index (χ4n) is 1.75. The van der Waals surface area contributed by atoms with Gasteiger partial charge in [-0.25, -0.2) is 0 Å². The van der Waals surface area contributed by atoms with E-state index in [1.165, 1.54) is 0 Å². The zero-order valence-corrected chi connectivity index (χ0v) is 9.37. The lowest BCUT2D eigenvalue weighted by Crippen LogP contribution is -2.17. The third-order valence-corrected chi connectivity index (χ3v) is 4.64. The molecular weight excluding hydrogens is 199 g/mol. The second-order valence-electron chi connectivity index (χ2n) is 3.77. The van der Waals surface area contributed by atoms with Gasteiger partial charge in [0.15, 0.2) is 0 Å². The van der Waals surface area contributed by atoms with Crippen LogP contribution >= 0.6 is 7.60 Å². The second-order valence-corrected chi connectivity index (χ2v) is 5.84. The van der Waals surface area contributed by atoms with E-state index in [0.29, 0.717) is 0 Å². The van der Waals surface area contributed by atoms with Crippen molar-refractivity contribution in [3.05, 3.63) is 0 Å². The van der Waals surface area contributed by atoms with Crippen molar-refractivity contribution in [3.63, 3.8) is 0 Å². The van der Waals surface area contributed by atoms with E-state index >= 15 is 0 Å². The van der Waals surface area contributed by atoms with E-state index < -0.39 is 13.7 Å². The smallest absolute Gasteiger partial charge is 0.324 e. The standard InChI is InChI=1S/C10H17O3P/c1-3-9(2)13-14(11,12)10-7-5-4-6-8-10/h1,9-10H,4-8H2,2H3,(H,11,12). The van der Waals surface area contributed by atoms with E-state index in [4.69, 9.17) is 10.9 Å². The van der Waals surface area contributed by atoms with Crippen molar-refractivity contribution < 1.29 is 14.0 Å². The highest BCUT2D eigenvalue weighted by molar-refractivity contribution is 7.53. The van der Waals surface area contributed by atoms with Crippen LogP contribution in [-0.2, 0) is 9.09 Å². The van der Waals surface area contributed by atoms with Crippen LogP contribution in [0.25, 0.3) is 0 Å². The second kappa shape index (κ2) is 4.98. The molecule has 4 heteroatoms. The van der Waals surface area contributed by atoms with E-state index in [1.54, 1.807) is 6.92 Å². The van der Waals surface area contributed by atoms with Crippen molar-refractivity contribution in [2.75, 3.05) is 0 Å². The van der Waals surface area contributed by atoms with E-state index in [1.807, 2.05) is 0 Å². The van der Waals surface area contributed by atoms with Gasteiger partial charge < -0.3 is 4.89 Å². The summed E-state index contributed by atoms with van der Waals surface area (Å²) in [6, 6.07) is 0. The molecule has 0 radical (unpaired) electrons. The van der Waals surface area contributed by atoms with Crippen LogP contribution in [0.15, 0.2) is 0 Å². The summed E-state index contributed by atoms with van der Waals surface area (Å²) in [4.78, 5) is 9.68. The van der Waals surface area contributed by atoms with Crippen molar-refractivity contribution >= 4 is 7.60 Å². The van der Waals surface area contributed by atoms with Gasteiger partial charge in [0.25, 0.3) is 0 Å². The highest BCUT2D eigenvalue weighted by Crippen LogP contribution is 2.53. The average molecular weight is 216 g/mol. The Balaban J connectivity index is 2.55. The predicted molar refractivity (Wildman–Crippen MR) is 56.1 cm³/mol. The Labute approximate surface area is 85.4 Å². The molecule has 0 aromatic carbocycles. The molecule has 0 bridgehead atoms. The minimum atomic E-state index is -3.48. The maximum Gasteiger partial charge on any atom is 0.332 e. The molecule has 1 saturated carbocycles. The summed E-state index contributed by atoms with van der Waals surface area (Å²) in [5, 5.41) is 0.